The molecule has 0 heterocycles. The minimum absolute atomic E-state index is 0.457. The second-order valence-corrected chi connectivity index (χ2v) is 3.13. The van der Waals surface area contributed by atoms with Crippen LogP contribution < -0.4 is 11.5 Å². The summed E-state index contributed by atoms with van der Waals surface area (Å²) < 4.78 is 0. The summed E-state index contributed by atoms with van der Waals surface area (Å²) in [6.07, 6.45) is 0. The van der Waals surface area contributed by atoms with E-state index < -0.39 is 5.91 Å². The molecule has 1 rings (SSSR count). The highest BCUT2D eigenvalue weighted by molar-refractivity contribution is 6.32. The average Bonchev–Trinajstić information content (AvgIpc) is 2.13. The number of hydrogen-bond donors (Lipinski definition) is 2. The number of hydrogen-bond acceptors (Lipinski definition) is 2. The Labute approximate surface area is 87.0 Å². The van der Waals surface area contributed by atoms with E-state index in [2.05, 4.69) is 11.8 Å². The van der Waals surface area contributed by atoms with Gasteiger partial charge in [0.1, 0.15) is 0 Å². The lowest BCUT2D eigenvalue weighted by Gasteiger charge is -2.03. The van der Waals surface area contributed by atoms with E-state index in [1.807, 2.05) is 0 Å². The Morgan fingerprint density at radius 3 is 2.71 bits per heavy atom. The Balaban J connectivity index is 3.20. The number of nitrogens with two attached hydrogens (primary N) is 2. The lowest BCUT2D eigenvalue weighted by molar-refractivity contribution is -0.112. The minimum atomic E-state index is -0.685. The molecule has 14 heavy (non-hydrogen) atoms. The van der Waals surface area contributed by atoms with Crippen molar-refractivity contribution in [1.82, 2.24) is 0 Å². The third-order valence-corrected chi connectivity index (χ3v) is 2.24. The number of carbonyl (C=O) groups is 1. The van der Waals surface area contributed by atoms with Crippen molar-refractivity contribution in [2.24, 2.45) is 5.73 Å². The van der Waals surface area contributed by atoms with Crippen LogP contribution in [0.15, 0.2) is 12.1 Å². The molecule has 0 saturated carbocycles. The fraction of sp³-hybridized carbons (Fsp3) is 0.100. The standard InChI is InChI=1S/C10H9ClN2O/c1-6-8(12)4-2-7(10(6)11)3-5-9(13)14/h2,4H,12H2,1H3,(H2,13,14). The molecule has 0 aliphatic heterocycles. The fourth-order valence-electron chi connectivity index (χ4n) is 0.925. The Kier molecular flexibility index (Phi) is 3.00. The zero-order valence-corrected chi connectivity index (χ0v) is 8.35. The lowest BCUT2D eigenvalue weighted by atomic mass is 10.1. The molecule has 4 N–H and O–H groups in total. The van der Waals surface area contributed by atoms with Gasteiger partial charge in [-0.1, -0.05) is 17.5 Å². The van der Waals surface area contributed by atoms with Gasteiger partial charge in [-0.15, -0.1) is 0 Å². The summed E-state index contributed by atoms with van der Waals surface area (Å²) in [7, 11) is 0. The Morgan fingerprint density at radius 2 is 2.14 bits per heavy atom. The van der Waals surface area contributed by atoms with E-state index >= 15 is 0 Å². The SMILES string of the molecule is Cc1c(N)ccc(C#CC(N)=O)c1Cl. The van der Waals surface area contributed by atoms with Gasteiger partial charge < -0.3 is 11.5 Å². The maximum Gasteiger partial charge on any atom is 0.293 e. The fourth-order valence-corrected chi connectivity index (χ4v) is 1.14. The van der Waals surface area contributed by atoms with Gasteiger partial charge in [-0.25, -0.2) is 0 Å². The van der Waals surface area contributed by atoms with E-state index in [4.69, 9.17) is 23.1 Å². The Bertz CT molecular complexity index is 443. The van der Waals surface area contributed by atoms with Gasteiger partial charge in [-0.2, -0.15) is 0 Å². The first kappa shape index (κ1) is 10.4. The third-order valence-electron chi connectivity index (χ3n) is 1.75. The molecule has 0 spiro atoms. The van der Waals surface area contributed by atoms with Crippen LogP contribution in [0.4, 0.5) is 5.69 Å². The van der Waals surface area contributed by atoms with Crippen LogP contribution in [0, 0.1) is 18.8 Å². The number of nitrogen functional groups attached to an aromatic ring is 1. The number of halogens is 1. The third kappa shape index (κ3) is 2.18. The summed E-state index contributed by atoms with van der Waals surface area (Å²) in [6.45, 7) is 1.78. The van der Waals surface area contributed by atoms with E-state index in [0.29, 0.717) is 16.3 Å². The molecule has 0 fully saturated rings. The largest absolute Gasteiger partial charge is 0.398 e. The highest BCUT2D eigenvalue weighted by Crippen LogP contribution is 2.24. The lowest BCUT2D eigenvalue weighted by Crippen LogP contribution is -2.06. The van der Waals surface area contributed by atoms with Gasteiger partial charge in [0.2, 0.25) is 0 Å². The molecule has 0 atom stereocenters. The zero-order chi connectivity index (χ0) is 10.7. The van der Waals surface area contributed by atoms with Gasteiger partial charge in [0, 0.05) is 17.2 Å². The normalized spacial score (nSPS) is 9.00. The van der Waals surface area contributed by atoms with Crippen LogP contribution in [0.25, 0.3) is 0 Å². The molecule has 0 saturated heterocycles. The minimum Gasteiger partial charge on any atom is -0.398 e. The van der Waals surface area contributed by atoms with Crippen LogP contribution in [0.1, 0.15) is 11.1 Å². The highest BCUT2D eigenvalue weighted by Gasteiger charge is 2.03. The first-order valence-electron chi connectivity index (χ1n) is 3.88. The van der Waals surface area contributed by atoms with Crippen LogP contribution >= 0.6 is 11.6 Å². The van der Waals surface area contributed by atoms with Crippen molar-refractivity contribution in [2.75, 3.05) is 5.73 Å². The summed E-state index contributed by atoms with van der Waals surface area (Å²) in [4.78, 5) is 10.4. The summed E-state index contributed by atoms with van der Waals surface area (Å²) in [6, 6.07) is 3.34. The van der Waals surface area contributed by atoms with Crippen molar-refractivity contribution in [3.63, 3.8) is 0 Å². The van der Waals surface area contributed by atoms with E-state index in [-0.39, 0.29) is 0 Å². The molecule has 1 aromatic rings. The zero-order valence-electron chi connectivity index (χ0n) is 7.60. The number of benzene rings is 1. The number of carbonyl (C=O) groups excluding carboxylic acids is 1. The van der Waals surface area contributed by atoms with Crippen LogP contribution in [-0.4, -0.2) is 5.91 Å². The van der Waals surface area contributed by atoms with Gasteiger partial charge in [-0.05, 0) is 24.6 Å². The van der Waals surface area contributed by atoms with Crippen LogP contribution in [0.3, 0.4) is 0 Å². The second kappa shape index (κ2) is 4.03. The molecule has 0 radical (unpaired) electrons. The maximum absolute atomic E-state index is 10.4. The Morgan fingerprint density at radius 1 is 1.50 bits per heavy atom. The molecule has 4 heteroatoms. The smallest absolute Gasteiger partial charge is 0.293 e. The topological polar surface area (TPSA) is 69.1 Å². The van der Waals surface area contributed by atoms with Crippen molar-refractivity contribution in [1.29, 1.82) is 0 Å². The molecule has 72 valence electrons. The van der Waals surface area contributed by atoms with Crippen molar-refractivity contribution in [2.45, 2.75) is 6.92 Å². The van der Waals surface area contributed by atoms with Gasteiger partial charge in [0.15, 0.2) is 0 Å². The molecule has 1 amide bonds. The monoisotopic (exact) mass is 208 g/mol. The molecule has 0 aliphatic rings. The Hall–Kier alpha value is -1.66. The van der Waals surface area contributed by atoms with Crippen molar-refractivity contribution in [3.05, 3.63) is 28.3 Å². The van der Waals surface area contributed by atoms with Gasteiger partial charge >= 0.3 is 0 Å². The number of primary amides is 1. The van der Waals surface area contributed by atoms with Crippen molar-refractivity contribution >= 4 is 23.2 Å². The number of anilines is 1. The molecule has 0 aliphatic carbocycles. The van der Waals surface area contributed by atoms with Crippen molar-refractivity contribution in [3.8, 4) is 11.8 Å². The molecule has 0 aromatic heterocycles. The van der Waals surface area contributed by atoms with Gasteiger partial charge in [0.25, 0.3) is 5.91 Å². The molecule has 0 unspecified atom stereocenters. The first-order valence-corrected chi connectivity index (χ1v) is 4.26. The number of amides is 1. The maximum atomic E-state index is 10.4. The molecule has 1 aromatic carbocycles. The highest BCUT2D eigenvalue weighted by atomic mass is 35.5. The molecule has 0 bridgehead atoms. The average molecular weight is 209 g/mol. The summed E-state index contributed by atoms with van der Waals surface area (Å²) in [5.74, 6) is 4.10. The first-order chi connectivity index (χ1) is 6.52. The molecule has 3 nitrogen and oxygen atoms in total. The predicted octanol–water partition coefficient (Wildman–Crippen LogP) is 1.07. The second-order valence-electron chi connectivity index (χ2n) is 2.76. The predicted molar refractivity (Wildman–Crippen MR) is 56.7 cm³/mol. The summed E-state index contributed by atoms with van der Waals surface area (Å²) in [5, 5.41) is 0.457. The van der Waals surface area contributed by atoms with Gasteiger partial charge in [-0.3, -0.25) is 4.79 Å². The van der Waals surface area contributed by atoms with E-state index in [9.17, 15) is 4.79 Å². The van der Waals surface area contributed by atoms with E-state index in [0.717, 1.165) is 5.56 Å². The van der Waals surface area contributed by atoms with Crippen LogP contribution in [-0.2, 0) is 4.79 Å². The van der Waals surface area contributed by atoms with E-state index in [1.54, 1.807) is 19.1 Å². The van der Waals surface area contributed by atoms with E-state index in [1.165, 1.54) is 0 Å². The molecular weight excluding hydrogens is 200 g/mol. The summed E-state index contributed by atoms with van der Waals surface area (Å²) in [5.41, 5.74) is 12.4. The number of rotatable bonds is 0. The molecular formula is C10H9ClN2O. The van der Waals surface area contributed by atoms with Crippen molar-refractivity contribution < 1.29 is 4.79 Å². The van der Waals surface area contributed by atoms with Crippen LogP contribution in [0.2, 0.25) is 5.02 Å². The van der Waals surface area contributed by atoms with Gasteiger partial charge in [0.05, 0.1) is 5.02 Å². The van der Waals surface area contributed by atoms with Crippen LogP contribution in [0.5, 0.6) is 0 Å². The summed E-state index contributed by atoms with van der Waals surface area (Å²) >= 11 is 5.95. The quantitative estimate of drug-likeness (QED) is 0.495.